The van der Waals surface area contributed by atoms with E-state index in [4.69, 9.17) is 0 Å². The Bertz CT molecular complexity index is 541. The number of carbonyl (C=O) groups is 2. The lowest BCUT2D eigenvalue weighted by Crippen LogP contribution is -2.25. The van der Waals surface area contributed by atoms with Crippen LogP contribution < -0.4 is 0 Å². The number of esters is 1. The topological polar surface area (TPSA) is 66.8 Å². The van der Waals surface area contributed by atoms with E-state index < -0.39 is 12.1 Å². The molecule has 0 bridgehead atoms. The molecule has 0 spiro atoms. The SMILES string of the molecule is CCCCCC/C=C/[C@H]1[C@H](CN(C)C)CC(=O)[C@@H]1C/C=C\CCC(O)C(=O)OC. The van der Waals surface area contributed by atoms with Gasteiger partial charge in [0.2, 0.25) is 0 Å². The van der Waals surface area contributed by atoms with E-state index in [1.807, 2.05) is 12.2 Å². The summed E-state index contributed by atoms with van der Waals surface area (Å²) in [5.41, 5.74) is 0. The van der Waals surface area contributed by atoms with Gasteiger partial charge in [-0.1, -0.05) is 50.5 Å². The van der Waals surface area contributed by atoms with E-state index in [1.165, 1.54) is 32.8 Å². The van der Waals surface area contributed by atoms with Crippen molar-refractivity contribution in [2.45, 2.75) is 70.8 Å². The number of Topliss-reactive ketones (excluding diaryl/α,β-unsaturated/α-hetero) is 1. The van der Waals surface area contributed by atoms with Crippen LogP contribution in [-0.4, -0.2) is 55.6 Å². The molecule has 0 amide bonds. The lowest BCUT2D eigenvalue weighted by molar-refractivity contribution is -0.150. The molecule has 4 atom stereocenters. The molecule has 0 aromatic rings. The van der Waals surface area contributed by atoms with Gasteiger partial charge >= 0.3 is 5.97 Å². The summed E-state index contributed by atoms with van der Waals surface area (Å²) in [4.78, 5) is 26.1. The quantitative estimate of drug-likeness (QED) is 0.266. The molecule has 0 heterocycles. The Hall–Kier alpha value is -1.46. The van der Waals surface area contributed by atoms with Crippen LogP contribution in [0.4, 0.5) is 0 Å². The number of aliphatic hydroxyl groups is 1. The molecule has 1 unspecified atom stereocenters. The Labute approximate surface area is 177 Å². The molecule has 5 heteroatoms. The maximum Gasteiger partial charge on any atom is 0.334 e. The lowest BCUT2D eigenvalue weighted by atomic mass is 9.86. The summed E-state index contributed by atoms with van der Waals surface area (Å²) in [6.07, 6.45) is 15.9. The van der Waals surface area contributed by atoms with Crippen molar-refractivity contribution in [2.75, 3.05) is 27.7 Å². The predicted octanol–water partition coefficient (Wildman–Crippen LogP) is 4.16. The van der Waals surface area contributed by atoms with Crippen LogP contribution in [0.1, 0.15) is 64.7 Å². The Morgan fingerprint density at radius 3 is 2.62 bits per heavy atom. The van der Waals surface area contributed by atoms with Crippen LogP contribution in [-0.2, 0) is 14.3 Å². The second-order valence-electron chi connectivity index (χ2n) is 8.48. The van der Waals surface area contributed by atoms with Crippen molar-refractivity contribution in [3.05, 3.63) is 24.3 Å². The first-order valence-electron chi connectivity index (χ1n) is 11.2. The minimum atomic E-state index is -1.08. The summed E-state index contributed by atoms with van der Waals surface area (Å²) in [6, 6.07) is 0. The zero-order chi connectivity index (χ0) is 21.6. The third-order valence-corrected chi connectivity index (χ3v) is 5.70. The number of unbranched alkanes of at least 4 members (excludes halogenated alkanes) is 4. The number of aliphatic hydroxyl groups excluding tert-OH is 1. The van der Waals surface area contributed by atoms with Crippen molar-refractivity contribution < 1.29 is 19.4 Å². The molecule has 1 N–H and O–H groups in total. The van der Waals surface area contributed by atoms with Gasteiger partial charge in [-0.25, -0.2) is 4.79 Å². The van der Waals surface area contributed by atoms with Gasteiger partial charge < -0.3 is 14.7 Å². The number of methoxy groups -OCH3 is 1. The van der Waals surface area contributed by atoms with E-state index in [9.17, 15) is 14.7 Å². The van der Waals surface area contributed by atoms with E-state index >= 15 is 0 Å². The van der Waals surface area contributed by atoms with E-state index in [1.54, 1.807) is 0 Å². The molecule has 0 aromatic carbocycles. The van der Waals surface area contributed by atoms with Gasteiger partial charge in [0, 0.05) is 18.9 Å². The Balaban J connectivity index is 2.60. The van der Waals surface area contributed by atoms with Gasteiger partial charge in [0.15, 0.2) is 6.10 Å². The number of allylic oxidation sites excluding steroid dienone is 4. The molecule has 5 nitrogen and oxygen atoms in total. The Morgan fingerprint density at radius 1 is 1.21 bits per heavy atom. The molecule has 0 saturated heterocycles. The second-order valence-corrected chi connectivity index (χ2v) is 8.48. The number of rotatable bonds is 14. The van der Waals surface area contributed by atoms with E-state index in [-0.39, 0.29) is 5.92 Å². The van der Waals surface area contributed by atoms with Gasteiger partial charge in [-0.3, -0.25) is 4.79 Å². The van der Waals surface area contributed by atoms with Crippen molar-refractivity contribution in [1.29, 1.82) is 0 Å². The summed E-state index contributed by atoms with van der Waals surface area (Å²) in [7, 11) is 5.40. The fraction of sp³-hybridized carbons (Fsp3) is 0.750. The molecule has 1 fully saturated rings. The van der Waals surface area contributed by atoms with Crippen molar-refractivity contribution in [1.82, 2.24) is 4.90 Å². The van der Waals surface area contributed by atoms with Gasteiger partial charge in [-0.15, -0.1) is 0 Å². The average Bonchev–Trinajstić information content (AvgIpc) is 2.97. The zero-order valence-corrected chi connectivity index (χ0v) is 18.8. The third kappa shape index (κ3) is 9.72. The van der Waals surface area contributed by atoms with Crippen molar-refractivity contribution in [2.24, 2.45) is 17.8 Å². The van der Waals surface area contributed by atoms with Crippen LogP contribution in [0.15, 0.2) is 24.3 Å². The molecule has 29 heavy (non-hydrogen) atoms. The third-order valence-electron chi connectivity index (χ3n) is 5.70. The van der Waals surface area contributed by atoms with Crippen LogP contribution in [0, 0.1) is 17.8 Å². The molecule has 0 aromatic heterocycles. The average molecular weight is 408 g/mol. The van der Waals surface area contributed by atoms with Crippen molar-refractivity contribution >= 4 is 11.8 Å². The standard InChI is InChI=1S/C24H41NO4/c1-5-6-7-8-9-11-14-20-19(18-25(2)3)17-23(27)21(20)15-12-10-13-16-22(26)24(28)29-4/h10-12,14,19-22,26H,5-9,13,15-18H2,1-4H3/b12-10-,14-11+/t19-,20-,21+,22?/m0/s1. The summed E-state index contributed by atoms with van der Waals surface area (Å²) >= 11 is 0. The minimum absolute atomic E-state index is 0.0358. The zero-order valence-electron chi connectivity index (χ0n) is 18.8. The monoisotopic (exact) mass is 407 g/mol. The van der Waals surface area contributed by atoms with Gasteiger partial charge in [0.05, 0.1) is 7.11 Å². The number of hydrogen-bond donors (Lipinski definition) is 1. The number of ketones is 1. The largest absolute Gasteiger partial charge is 0.467 e. The number of hydrogen-bond acceptors (Lipinski definition) is 5. The Kier molecular flexibility index (Phi) is 12.8. The van der Waals surface area contributed by atoms with Crippen molar-refractivity contribution in [3.63, 3.8) is 0 Å². The Morgan fingerprint density at radius 2 is 1.97 bits per heavy atom. The van der Waals surface area contributed by atoms with Crippen LogP contribution in [0.2, 0.25) is 0 Å². The summed E-state index contributed by atoms with van der Waals surface area (Å²) in [5.74, 6) is 0.468. The predicted molar refractivity (Wildman–Crippen MR) is 118 cm³/mol. The van der Waals surface area contributed by atoms with Gasteiger partial charge in [-0.2, -0.15) is 0 Å². The van der Waals surface area contributed by atoms with Crippen molar-refractivity contribution in [3.8, 4) is 0 Å². The smallest absolute Gasteiger partial charge is 0.334 e. The van der Waals surface area contributed by atoms with Gasteiger partial charge in [0.1, 0.15) is 5.78 Å². The molecule has 1 saturated carbocycles. The van der Waals surface area contributed by atoms with E-state index in [2.05, 4.69) is 42.8 Å². The molecular weight excluding hydrogens is 366 g/mol. The lowest BCUT2D eigenvalue weighted by Gasteiger charge is -2.23. The molecule has 166 valence electrons. The van der Waals surface area contributed by atoms with Gasteiger partial charge in [-0.05, 0) is 58.0 Å². The second kappa shape index (κ2) is 14.5. The van der Waals surface area contributed by atoms with Crippen LogP contribution >= 0.6 is 0 Å². The fourth-order valence-electron chi connectivity index (χ4n) is 4.14. The molecule has 1 rings (SSSR count). The van der Waals surface area contributed by atoms with Gasteiger partial charge in [0.25, 0.3) is 0 Å². The summed E-state index contributed by atoms with van der Waals surface area (Å²) in [6.45, 7) is 3.15. The molecule has 0 aliphatic heterocycles. The summed E-state index contributed by atoms with van der Waals surface area (Å²) < 4.78 is 4.52. The molecular formula is C24H41NO4. The highest BCUT2D eigenvalue weighted by molar-refractivity contribution is 5.84. The van der Waals surface area contributed by atoms with E-state index in [0.717, 1.165) is 19.4 Å². The fourth-order valence-corrected chi connectivity index (χ4v) is 4.14. The maximum absolute atomic E-state index is 12.7. The minimum Gasteiger partial charge on any atom is -0.467 e. The number of ether oxygens (including phenoxy) is 1. The highest BCUT2D eigenvalue weighted by Crippen LogP contribution is 2.38. The normalized spacial score (nSPS) is 23.5. The first kappa shape index (κ1) is 25.6. The van der Waals surface area contributed by atoms with E-state index in [0.29, 0.717) is 36.9 Å². The molecule has 1 aliphatic carbocycles. The van der Waals surface area contributed by atoms with Crippen LogP contribution in [0.25, 0.3) is 0 Å². The highest BCUT2D eigenvalue weighted by Gasteiger charge is 2.39. The first-order chi connectivity index (χ1) is 13.9. The van der Waals surface area contributed by atoms with Crippen LogP contribution in [0.5, 0.6) is 0 Å². The number of carbonyl (C=O) groups excluding carboxylic acids is 2. The van der Waals surface area contributed by atoms with Crippen LogP contribution in [0.3, 0.4) is 0 Å². The molecule has 0 radical (unpaired) electrons. The highest BCUT2D eigenvalue weighted by atomic mass is 16.5. The molecule has 1 aliphatic rings. The maximum atomic E-state index is 12.7. The first-order valence-corrected chi connectivity index (χ1v) is 11.2. The number of nitrogens with zero attached hydrogens (tertiary/aromatic N) is 1. The summed E-state index contributed by atoms with van der Waals surface area (Å²) in [5, 5.41) is 9.63.